The van der Waals surface area contributed by atoms with Crippen LogP contribution in [-0.2, 0) is 6.18 Å². The van der Waals surface area contributed by atoms with E-state index in [1.165, 1.54) is 25.1 Å². The quantitative estimate of drug-likeness (QED) is 0.864. The van der Waals surface area contributed by atoms with Crippen molar-refractivity contribution in [3.63, 3.8) is 0 Å². The van der Waals surface area contributed by atoms with Crippen molar-refractivity contribution in [1.29, 1.82) is 0 Å². The third-order valence-electron chi connectivity index (χ3n) is 3.44. The van der Waals surface area contributed by atoms with E-state index in [4.69, 9.17) is 0 Å². The van der Waals surface area contributed by atoms with Crippen LogP contribution in [0.2, 0.25) is 0 Å². The standard InChI is InChI=1S/C13H17F3N2/c1-9-2-4-10(5-3-9)18-11-6-7-12(17-8-11)13(14,15)16/h6-10,18H,2-5H2,1H3. The van der Waals surface area contributed by atoms with Crippen LogP contribution in [0.25, 0.3) is 0 Å². The van der Waals surface area contributed by atoms with Crippen LogP contribution in [0.3, 0.4) is 0 Å². The summed E-state index contributed by atoms with van der Waals surface area (Å²) in [5, 5.41) is 3.25. The first-order valence-electron chi connectivity index (χ1n) is 6.25. The predicted octanol–water partition coefficient (Wildman–Crippen LogP) is 4.09. The van der Waals surface area contributed by atoms with E-state index in [0.717, 1.165) is 24.8 Å². The van der Waals surface area contributed by atoms with Crippen molar-refractivity contribution in [1.82, 2.24) is 4.98 Å². The lowest BCUT2D eigenvalue weighted by atomic mass is 9.87. The lowest BCUT2D eigenvalue weighted by Gasteiger charge is -2.27. The molecule has 2 nitrogen and oxygen atoms in total. The van der Waals surface area contributed by atoms with Crippen molar-refractivity contribution in [2.75, 3.05) is 5.32 Å². The highest BCUT2D eigenvalue weighted by molar-refractivity contribution is 5.42. The fourth-order valence-electron chi connectivity index (χ4n) is 2.29. The molecular weight excluding hydrogens is 241 g/mol. The number of aromatic nitrogens is 1. The van der Waals surface area contributed by atoms with E-state index in [-0.39, 0.29) is 0 Å². The molecule has 0 saturated heterocycles. The summed E-state index contributed by atoms with van der Waals surface area (Å²) < 4.78 is 37.0. The number of pyridine rings is 1. The predicted molar refractivity (Wildman–Crippen MR) is 64.3 cm³/mol. The van der Waals surface area contributed by atoms with Crippen LogP contribution < -0.4 is 5.32 Å². The summed E-state index contributed by atoms with van der Waals surface area (Å²) in [6.07, 6.45) is 1.39. The van der Waals surface area contributed by atoms with Gasteiger partial charge in [-0.25, -0.2) is 4.98 Å². The summed E-state index contributed by atoms with van der Waals surface area (Å²) in [6.45, 7) is 2.23. The molecule has 0 amide bonds. The molecule has 0 unspecified atom stereocenters. The van der Waals surface area contributed by atoms with Gasteiger partial charge in [-0.3, -0.25) is 0 Å². The fraction of sp³-hybridized carbons (Fsp3) is 0.615. The van der Waals surface area contributed by atoms with Gasteiger partial charge in [-0.05, 0) is 43.7 Å². The Balaban J connectivity index is 1.94. The van der Waals surface area contributed by atoms with Crippen LogP contribution >= 0.6 is 0 Å². The Morgan fingerprint density at radius 2 is 1.83 bits per heavy atom. The lowest BCUT2D eigenvalue weighted by molar-refractivity contribution is -0.141. The molecule has 0 radical (unpaired) electrons. The first-order chi connectivity index (χ1) is 8.45. The van der Waals surface area contributed by atoms with Crippen LogP contribution in [-0.4, -0.2) is 11.0 Å². The minimum atomic E-state index is -4.36. The SMILES string of the molecule is CC1CCC(Nc2ccc(C(F)(F)F)nc2)CC1. The maximum atomic E-state index is 12.3. The Labute approximate surface area is 105 Å². The Bertz CT molecular complexity index is 378. The van der Waals surface area contributed by atoms with Gasteiger partial charge in [0.2, 0.25) is 0 Å². The molecule has 1 saturated carbocycles. The van der Waals surface area contributed by atoms with Crippen LogP contribution in [0, 0.1) is 5.92 Å². The Morgan fingerprint density at radius 3 is 2.33 bits per heavy atom. The summed E-state index contributed by atoms with van der Waals surface area (Å²) in [6, 6.07) is 2.83. The molecule has 1 heterocycles. The zero-order valence-electron chi connectivity index (χ0n) is 10.3. The largest absolute Gasteiger partial charge is 0.433 e. The summed E-state index contributed by atoms with van der Waals surface area (Å²) in [4.78, 5) is 3.44. The molecule has 0 spiro atoms. The van der Waals surface area contributed by atoms with E-state index >= 15 is 0 Å². The lowest BCUT2D eigenvalue weighted by Crippen LogP contribution is -2.25. The van der Waals surface area contributed by atoms with Crippen molar-refractivity contribution in [2.24, 2.45) is 5.92 Å². The fourth-order valence-corrected chi connectivity index (χ4v) is 2.29. The minimum absolute atomic E-state index is 0.361. The molecule has 0 atom stereocenters. The number of hydrogen-bond donors (Lipinski definition) is 1. The average molecular weight is 258 g/mol. The van der Waals surface area contributed by atoms with Crippen molar-refractivity contribution >= 4 is 5.69 Å². The Hall–Kier alpha value is -1.26. The number of anilines is 1. The molecule has 1 fully saturated rings. The molecule has 2 rings (SSSR count). The molecule has 1 N–H and O–H groups in total. The molecule has 100 valence electrons. The molecule has 1 aromatic heterocycles. The van der Waals surface area contributed by atoms with E-state index in [1.807, 2.05) is 0 Å². The highest BCUT2D eigenvalue weighted by atomic mass is 19.4. The number of nitrogens with one attached hydrogen (secondary N) is 1. The van der Waals surface area contributed by atoms with Gasteiger partial charge in [0.25, 0.3) is 0 Å². The maximum Gasteiger partial charge on any atom is 0.433 e. The first kappa shape index (κ1) is 13.2. The van der Waals surface area contributed by atoms with Gasteiger partial charge in [0.1, 0.15) is 5.69 Å². The van der Waals surface area contributed by atoms with Gasteiger partial charge in [0.05, 0.1) is 11.9 Å². The summed E-state index contributed by atoms with van der Waals surface area (Å²) in [5.41, 5.74) is -0.173. The topological polar surface area (TPSA) is 24.9 Å². The number of rotatable bonds is 2. The van der Waals surface area contributed by atoms with Gasteiger partial charge in [-0.15, -0.1) is 0 Å². The smallest absolute Gasteiger partial charge is 0.381 e. The minimum Gasteiger partial charge on any atom is -0.381 e. The maximum absolute atomic E-state index is 12.3. The average Bonchev–Trinajstić information content (AvgIpc) is 2.32. The normalized spacial score (nSPS) is 24.9. The monoisotopic (exact) mass is 258 g/mol. The van der Waals surface area contributed by atoms with Gasteiger partial charge in [0, 0.05) is 6.04 Å². The highest BCUT2D eigenvalue weighted by Crippen LogP contribution is 2.29. The van der Waals surface area contributed by atoms with Crippen LogP contribution in [0.5, 0.6) is 0 Å². The van der Waals surface area contributed by atoms with Gasteiger partial charge in [0.15, 0.2) is 0 Å². The molecule has 18 heavy (non-hydrogen) atoms. The zero-order chi connectivity index (χ0) is 13.2. The van der Waals surface area contributed by atoms with Crippen molar-refractivity contribution in [3.05, 3.63) is 24.0 Å². The third kappa shape index (κ3) is 3.37. The molecule has 0 aliphatic heterocycles. The molecule has 0 bridgehead atoms. The molecule has 5 heteroatoms. The molecule has 1 aromatic rings. The molecular formula is C13H17F3N2. The van der Waals surface area contributed by atoms with Crippen molar-refractivity contribution in [2.45, 2.75) is 44.8 Å². The van der Waals surface area contributed by atoms with Gasteiger partial charge < -0.3 is 5.32 Å². The number of nitrogens with zero attached hydrogens (tertiary/aromatic N) is 1. The summed E-state index contributed by atoms with van der Waals surface area (Å²) in [5.74, 6) is 0.758. The van der Waals surface area contributed by atoms with Gasteiger partial charge in [-0.2, -0.15) is 13.2 Å². The third-order valence-corrected chi connectivity index (χ3v) is 3.44. The van der Waals surface area contributed by atoms with Crippen molar-refractivity contribution in [3.8, 4) is 0 Å². The molecule has 1 aliphatic carbocycles. The van der Waals surface area contributed by atoms with E-state index in [1.54, 1.807) is 0 Å². The first-order valence-corrected chi connectivity index (χ1v) is 6.25. The second kappa shape index (κ2) is 5.16. The second-order valence-corrected chi connectivity index (χ2v) is 5.03. The highest BCUT2D eigenvalue weighted by Gasteiger charge is 2.32. The number of hydrogen-bond acceptors (Lipinski definition) is 2. The van der Waals surface area contributed by atoms with Crippen LogP contribution in [0.4, 0.5) is 18.9 Å². The molecule has 0 aromatic carbocycles. The zero-order valence-corrected chi connectivity index (χ0v) is 10.3. The van der Waals surface area contributed by atoms with E-state index in [2.05, 4.69) is 17.2 Å². The van der Waals surface area contributed by atoms with Gasteiger partial charge >= 0.3 is 6.18 Å². The number of alkyl halides is 3. The Morgan fingerprint density at radius 1 is 1.17 bits per heavy atom. The molecule has 1 aliphatic rings. The van der Waals surface area contributed by atoms with Crippen molar-refractivity contribution < 1.29 is 13.2 Å². The second-order valence-electron chi connectivity index (χ2n) is 5.03. The van der Waals surface area contributed by atoms with Crippen LogP contribution in [0.15, 0.2) is 18.3 Å². The summed E-state index contributed by atoms with van der Waals surface area (Å²) in [7, 11) is 0. The number of halogens is 3. The van der Waals surface area contributed by atoms with E-state index in [0.29, 0.717) is 11.7 Å². The van der Waals surface area contributed by atoms with Gasteiger partial charge in [-0.1, -0.05) is 6.92 Å². The summed E-state index contributed by atoms with van der Waals surface area (Å²) >= 11 is 0. The van der Waals surface area contributed by atoms with E-state index in [9.17, 15) is 13.2 Å². The van der Waals surface area contributed by atoms with E-state index < -0.39 is 11.9 Å². The Kier molecular flexibility index (Phi) is 3.78. The van der Waals surface area contributed by atoms with Crippen LogP contribution in [0.1, 0.15) is 38.3 Å².